The van der Waals surface area contributed by atoms with E-state index in [1.165, 1.54) is 0 Å². The van der Waals surface area contributed by atoms with Crippen molar-refractivity contribution in [2.24, 2.45) is 5.16 Å². The van der Waals surface area contributed by atoms with Crippen molar-refractivity contribution in [2.75, 3.05) is 24.5 Å². The highest BCUT2D eigenvalue weighted by Crippen LogP contribution is 2.36. The van der Waals surface area contributed by atoms with Crippen LogP contribution in [0, 0.1) is 6.92 Å². The number of benzene rings is 3. The molecule has 4 nitrogen and oxygen atoms in total. The van der Waals surface area contributed by atoms with Crippen molar-refractivity contribution in [3.05, 3.63) is 99.5 Å². The zero-order valence-corrected chi connectivity index (χ0v) is 18.2. The number of halogens is 2. The Kier molecular flexibility index (Phi) is 6.16. The van der Waals surface area contributed by atoms with Crippen LogP contribution in [0.2, 0.25) is 10.0 Å². The van der Waals surface area contributed by atoms with Crippen molar-refractivity contribution >= 4 is 34.7 Å². The van der Waals surface area contributed by atoms with Crippen molar-refractivity contribution in [1.29, 1.82) is 0 Å². The summed E-state index contributed by atoms with van der Waals surface area (Å²) in [5.74, 6) is 0.573. The van der Waals surface area contributed by atoms with Crippen molar-refractivity contribution < 1.29 is 5.21 Å². The first-order valence-corrected chi connectivity index (χ1v) is 10.6. The maximum atomic E-state index is 9.78. The van der Waals surface area contributed by atoms with Gasteiger partial charge in [-0.3, -0.25) is 0 Å². The molecule has 0 amide bonds. The van der Waals surface area contributed by atoms with E-state index < -0.39 is 0 Å². The summed E-state index contributed by atoms with van der Waals surface area (Å²) < 4.78 is 0. The molecule has 1 aliphatic heterocycles. The van der Waals surface area contributed by atoms with Crippen LogP contribution in [0.4, 0.5) is 5.69 Å². The molecule has 0 saturated carbocycles. The summed E-state index contributed by atoms with van der Waals surface area (Å²) in [7, 11) is 0. The molecule has 1 unspecified atom stereocenters. The van der Waals surface area contributed by atoms with E-state index in [0.29, 0.717) is 23.9 Å². The Morgan fingerprint density at radius 3 is 2.37 bits per heavy atom. The average Bonchev–Trinajstić information content (AvgIpc) is 2.76. The fraction of sp³-hybridized carbons (Fsp3) is 0.208. The van der Waals surface area contributed by atoms with Gasteiger partial charge in [-0.05, 0) is 42.3 Å². The van der Waals surface area contributed by atoms with Gasteiger partial charge in [0.2, 0.25) is 0 Å². The molecule has 1 saturated heterocycles. The van der Waals surface area contributed by atoms with Crippen molar-refractivity contribution in [2.45, 2.75) is 13.0 Å². The van der Waals surface area contributed by atoms with Gasteiger partial charge in [-0.25, -0.2) is 0 Å². The summed E-state index contributed by atoms with van der Waals surface area (Å²) in [5, 5.41) is 14.8. The summed E-state index contributed by atoms with van der Waals surface area (Å²) in [6.45, 7) is 4.14. The number of oxime groups is 1. The molecule has 1 heterocycles. The molecule has 0 aliphatic carbocycles. The van der Waals surface area contributed by atoms with E-state index in [0.717, 1.165) is 33.9 Å². The summed E-state index contributed by atoms with van der Waals surface area (Å²) in [5.41, 5.74) is 4.15. The van der Waals surface area contributed by atoms with Crippen LogP contribution in [0.1, 0.15) is 22.7 Å². The molecular formula is C24H23Cl2N3O. The van der Waals surface area contributed by atoms with Crippen LogP contribution >= 0.6 is 23.2 Å². The summed E-state index contributed by atoms with van der Waals surface area (Å²) in [6, 6.07) is 23.8. The van der Waals surface area contributed by atoms with Crippen LogP contribution in [-0.4, -0.2) is 35.6 Å². The predicted octanol–water partition coefficient (Wildman–Crippen LogP) is 6.00. The number of aryl methyl sites for hydroxylation is 1. The lowest BCUT2D eigenvalue weighted by Crippen LogP contribution is -2.51. The quantitative estimate of drug-likeness (QED) is 0.235. The molecule has 154 valence electrons. The highest BCUT2D eigenvalue weighted by molar-refractivity contribution is 6.33. The Labute approximate surface area is 186 Å². The van der Waals surface area contributed by atoms with Crippen LogP contribution < -0.4 is 4.90 Å². The zero-order chi connectivity index (χ0) is 21.1. The van der Waals surface area contributed by atoms with Gasteiger partial charge in [-0.15, -0.1) is 0 Å². The molecule has 4 rings (SSSR count). The van der Waals surface area contributed by atoms with Gasteiger partial charge in [0.15, 0.2) is 5.84 Å². The van der Waals surface area contributed by atoms with E-state index in [1.54, 1.807) is 0 Å². The van der Waals surface area contributed by atoms with Gasteiger partial charge in [-0.2, -0.15) is 0 Å². The third-order valence-corrected chi connectivity index (χ3v) is 6.03. The summed E-state index contributed by atoms with van der Waals surface area (Å²) in [6.07, 6.45) is 0. The molecule has 3 aromatic rings. The second kappa shape index (κ2) is 8.99. The van der Waals surface area contributed by atoms with Gasteiger partial charge in [0.25, 0.3) is 0 Å². The Bertz CT molecular complexity index is 1040. The minimum Gasteiger partial charge on any atom is -0.409 e. The minimum absolute atomic E-state index is 0.0247. The number of anilines is 1. The molecule has 0 spiro atoms. The maximum Gasteiger partial charge on any atom is 0.175 e. The molecule has 0 aromatic heterocycles. The Morgan fingerprint density at radius 1 is 0.967 bits per heavy atom. The SMILES string of the molecule is Cc1ccc(N2CCN(C(=NO)c3ccccc3)CC2c2ccc(Cl)cc2)c(Cl)c1. The standard InChI is InChI=1S/C24H23Cl2N3O/c1-17-7-12-22(21(26)15-17)29-14-13-28(24(27-30)19-5-3-2-4-6-19)16-23(29)18-8-10-20(25)11-9-18/h2-12,15,23,30H,13-14,16H2,1H3. The molecule has 1 N–H and O–H groups in total. The molecule has 1 fully saturated rings. The first-order chi connectivity index (χ1) is 14.6. The molecule has 30 heavy (non-hydrogen) atoms. The van der Waals surface area contributed by atoms with E-state index in [4.69, 9.17) is 23.2 Å². The largest absolute Gasteiger partial charge is 0.409 e. The smallest absolute Gasteiger partial charge is 0.175 e. The van der Waals surface area contributed by atoms with E-state index in [-0.39, 0.29) is 6.04 Å². The van der Waals surface area contributed by atoms with Crippen LogP contribution in [-0.2, 0) is 0 Å². The predicted molar refractivity (Wildman–Crippen MR) is 124 cm³/mol. The van der Waals surface area contributed by atoms with E-state index in [1.807, 2.05) is 67.6 Å². The molecule has 3 aromatic carbocycles. The van der Waals surface area contributed by atoms with E-state index >= 15 is 0 Å². The van der Waals surface area contributed by atoms with Gasteiger partial charge in [-0.1, -0.05) is 76.9 Å². The maximum absolute atomic E-state index is 9.78. The monoisotopic (exact) mass is 439 g/mol. The lowest BCUT2D eigenvalue weighted by Gasteiger charge is -2.44. The molecule has 0 radical (unpaired) electrons. The lowest BCUT2D eigenvalue weighted by molar-refractivity contribution is 0.282. The number of hydrogen-bond donors (Lipinski definition) is 1. The fourth-order valence-corrected chi connectivity index (χ4v) is 4.44. The number of hydrogen-bond acceptors (Lipinski definition) is 3. The normalized spacial score (nSPS) is 17.3. The third kappa shape index (κ3) is 4.25. The fourth-order valence-electron chi connectivity index (χ4n) is 3.97. The number of piperazine rings is 1. The van der Waals surface area contributed by atoms with Crippen molar-refractivity contribution in [1.82, 2.24) is 4.90 Å². The van der Waals surface area contributed by atoms with Crippen LogP contribution in [0.15, 0.2) is 78.0 Å². The molecule has 1 atom stereocenters. The third-order valence-electron chi connectivity index (χ3n) is 5.47. The Balaban J connectivity index is 1.70. The van der Waals surface area contributed by atoms with Crippen LogP contribution in [0.25, 0.3) is 0 Å². The van der Waals surface area contributed by atoms with E-state index in [9.17, 15) is 5.21 Å². The molecular weight excluding hydrogens is 417 g/mol. The second-order valence-electron chi connectivity index (χ2n) is 7.45. The van der Waals surface area contributed by atoms with E-state index in [2.05, 4.69) is 27.1 Å². The molecule has 0 bridgehead atoms. The number of amidine groups is 1. The Hall–Kier alpha value is -2.69. The topological polar surface area (TPSA) is 39.1 Å². The van der Waals surface area contributed by atoms with Gasteiger partial charge < -0.3 is 15.0 Å². The van der Waals surface area contributed by atoms with Gasteiger partial charge in [0.05, 0.1) is 16.8 Å². The zero-order valence-electron chi connectivity index (χ0n) is 16.7. The number of rotatable bonds is 3. The van der Waals surface area contributed by atoms with Gasteiger partial charge in [0.1, 0.15) is 0 Å². The van der Waals surface area contributed by atoms with Gasteiger partial charge >= 0.3 is 0 Å². The first kappa shape index (κ1) is 20.6. The van der Waals surface area contributed by atoms with Crippen molar-refractivity contribution in [3.63, 3.8) is 0 Å². The summed E-state index contributed by atoms with van der Waals surface area (Å²) in [4.78, 5) is 4.44. The van der Waals surface area contributed by atoms with Crippen molar-refractivity contribution in [3.8, 4) is 0 Å². The van der Waals surface area contributed by atoms with Gasteiger partial charge in [0, 0.05) is 30.2 Å². The average molecular weight is 440 g/mol. The summed E-state index contributed by atoms with van der Waals surface area (Å²) >= 11 is 12.8. The molecule has 6 heteroatoms. The number of nitrogens with zero attached hydrogens (tertiary/aromatic N) is 3. The molecule has 1 aliphatic rings. The first-order valence-electron chi connectivity index (χ1n) is 9.87. The van der Waals surface area contributed by atoms with Crippen LogP contribution in [0.3, 0.4) is 0 Å². The highest BCUT2D eigenvalue weighted by Gasteiger charge is 2.31. The lowest BCUT2D eigenvalue weighted by atomic mass is 10.00. The highest BCUT2D eigenvalue weighted by atomic mass is 35.5. The Morgan fingerprint density at radius 2 is 1.70 bits per heavy atom. The second-order valence-corrected chi connectivity index (χ2v) is 8.29. The minimum atomic E-state index is 0.0247. The van der Waals surface area contributed by atoms with Crippen LogP contribution in [0.5, 0.6) is 0 Å².